The standard InChI is InChI=1S/C14H19FO3/c1-14(16,11-6-7-18-9-11)8-10-4-3-5-12(17-2)13(10)15/h3-5,11,16H,6-9H2,1-2H3. The molecule has 0 aromatic heterocycles. The summed E-state index contributed by atoms with van der Waals surface area (Å²) in [4.78, 5) is 0. The minimum atomic E-state index is -0.955. The lowest BCUT2D eigenvalue weighted by molar-refractivity contribution is -0.00523. The molecule has 0 radical (unpaired) electrons. The van der Waals surface area contributed by atoms with Gasteiger partial charge in [0.25, 0.3) is 0 Å². The van der Waals surface area contributed by atoms with E-state index in [-0.39, 0.29) is 23.9 Å². The highest BCUT2D eigenvalue weighted by Crippen LogP contribution is 2.31. The van der Waals surface area contributed by atoms with Gasteiger partial charge in [0.05, 0.1) is 19.3 Å². The maximum Gasteiger partial charge on any atom is 0.168 e. The molecule has 1 saturated heterocycles. The number of rotatable bonds is 4. The normalized spacial score (nSPS) is 22.8. The molecule has 2 atom stereocenters. The number of halogens is 1. The van der Waals surface area contributed by atoms with Gasteiger partial charge in [0.1, 0.15) is 0 Å². The van der Waals surface area contributed by atoms with Crippen molar-refractivity contribution in [2.75, 3.05) is 20.3 Å². The number of benzene rings is 1. The van der Waals surface area contributed by atoms with Gasteiger partial charge in [-0.05, 0) is 25.0 Å². The Hall–Kier alpha value is -1.13. The molecule has 100 valence electrons. The highest BCUT2D eigenvalue weighted by Gasteiger charge is 2.35. The Labute approximate surface area is 107 Å². The number of ether oxygens (including phenoxy) is 2. The molecule has 1 aliphatic rings. The van der Waals surface area contributed by atoms with E-state index in [9.17, 15) is 9.50 Å². The molecule has 1 aliphatic heterocycles. The Morgan fingerprint density at radius 3 is 2.94 bits per heavy atom. The van der Waals surface area contributed by atoms with Crippen LogP contribution in [0.3, 0.4) is 0 Å². The van der Waals surface area contributed by atoms with Crippen molar-refractivity contribution >= 4 is 0 Å². The molecule has 1 aromatic carbocycles. The summed E-state index contributed by atoms with van der Waals surface area (Å²) in [5.41, 5.74) is -0.477. The minimum absolute atomic E-state index is 0.0584. The molecule has 1 fully saturated rings. The fourth-order valence-corrected chi connectivity index (χ4v) is 2.41. The molecule has 4 heteroatoms. The van der Waals surface area contributed by atoms with Gasteiger partial charge < -0.3 is 14.6 Å². The van der Waals surface area contributed by atoms with E-state index in [2.05, 4.69) is 0 Å². The van der Waals surface area contributed by atoms with E-state index in [1.165, 1.54) is 7.11 Å². The van der Waals surface area contributed by atoms with Gasteiger partial charge in [0, 0.05) is 18.9 Å². The van der Waals surface area contributed by atoms with Crippen LogP contribution in [0.2, 0.25) is 0 Å². The Balaban J connectivity index is 2.17. The van der Waals surface area contributed by atoms with Crippen LogP contribution in [-0.2, 0) is 11.2 Å². The van der Waals surface area contributed by atoms with E-state index in [1.807, 2.05) is 0 Å². The second-order valence-corrected chi connectivity index (χ2v) is 5.03. The molecular weight excluding hydrogens is 235 g/mol. The Kier molecular flexibility index (Phi) is 3.88. The first-order chi connectivity index (χ1) is 8.54. The van der Waals surface area contributed by atoms with Gasteiger partial charge in [-0.3, -0.25) is 0 Å². The van der Waals surface area contributed by atoms with Crippen LogP contribution in [0.25, 0.3) is 0 Å². The second-order valence-electron chi connectivity index (χ2n) is 5.03. The zero-order chi connectivity index (χ0) is 13.2. The van der Waals surface area contributed by atoms with Crippen LogP contribution in [0.1, 0.15) is 18.9 Å². The van der Waals surface area contributed by atoms with Crippen molar-refractivity contribution in [1.82, 2.24) is 0 Å². The summed E-state index contributed by atoms with van der Waals surface area (Å²) >= 11 is 0. The summed E-state index contributed by atoms with van der Waals surface area (Å²) < 4.78 is 24.2. The zero-order valence-corrected chi connectivity index (χ0v) is 10.8. The molecule has 2 rings (SSSR count). The topological polar surface area (TPSA) is 38.7 Å². The van der Waals surface area contributed by atoms with E-state index >= 15 is 0 Å². The molecular formula is C14H19FO3. The van der Waals surface area contributed by atoms with Gasteiger partial charge in [0.15, 0.2) is 11.6 Å². The third-order valence-electron chi connectivity index (χ3n) is 3.62. The summed E-state index contributed by atoms with van der Waals surface area (Å²) in [7, 11) is 1.44. The molecule has 0 bridgehead atoms. The summed E-state index contributed by atoms with van der Waals surface area (Å²) in [6.45, 7) is 2.95. The van der Waals surface area contributed by atoms with Crippen LogP contribution in [0, 0.1) is 11.7 Å². The SMILES string of the molecule is COc1cccc(CC(C)(O)C2CCOC2)c1F. The van der Waals surface area contributed by atoms with Gasteiger partial charge in [-0.25, -0.2) is 4.39 Å². The van der Waals surface area contributed by atoms with Crippen molar-refractivity contribution in [3.05, 3.63) is 29.6 Å². The van der Waals surface area contributed by atoms with Crippen LogP contribution in [0.5, 0.6) is 5.75 Å². The molecule has 18 heavy (non-hydrogen) atoms. The monoisotopic (exact) mass is 254 g/mol. The highest BCUT2D eigenvalue weighted by molar-refractivity contribution is 5.32. The average molecular weight is 254 g/mol. The maximum absolute atomic E-state index is 14.0. The maximum atomic E-state index is 14.0. The first kappa shape index (κ1) is 13.3. The van der Waals surface area contributed by atoms with Crippen molar-refractivity contribution < 1.29 is 19.0 Å². The summed E-state index contributed by atoms with van der Waals surface area (Å²) in [5, 5.41) is 10.5. The fraction of sp³-hybridized carbons (Fsp3) is 0.571. The lowest BCUT2D eigenvalue weighted by Gasteiger charge is -2.29. The number of aliphatic hydroxyl groups is 1. The van der Waals surface area contributed by atoms with Crippen LogP contribution < -0.4 is 4.74 Å². The summed E-state index contributed by atoms with van der Waals surface area (Å²) in [6.07, 6.45) is 1.09. The minimum Gasteiger partial charge on any atom is -0.494 e. The van der Waals surface area contributed by atoms with Crippen molar-refractivity contribution in [2.24, 2.45) is 5.92 Å². The fourth-order valence-electron chi connectivity index (χ4n) is 2.41. The van der Waals surface area contributed by atoms with Crippen molar-refractivity contribution in [3.8, 4) is 5.75 Å². The predicted molar refractivity (Wildman–Crippen MR) is 66.2 cm³/mol. The van der Waals surface area contributed by atoms with Gasteiger partial charge in [-0.1, -0.05) is 12.1 Å². The molecule has 0 amide bonds. The molecule has 0 spiro atoms. The lowest BCUT2D eigenvalue weighted by atomic mass is 9.83. The van der Waals surface area contributed by atoms with E-state index < -0.39 is 5.60 Å². The third-order valence-corrected chi connectivity index (χ3v) is 3.62. The Bertz CT molecular complexity index is 412. The summed E-state index contributed by atoms with van der Waals surface area (Å²) in [5.74, 6) is -0.117. The van der Waals surface area contributed by atoms with Gasteiger partial charge in [0.2, 0.25) is 0 Å². The van der Waals surface area contributed by atoms with Gasteiger partial charge in [-0.2, -0.15) is 0 Å². The van der Waals surface area contributed by atoms with Crippen LogP contribution in [0.4, 0.5) is 4.39 Å². The average Bonchev–Trinajstić information content (AvgIpc) is 2.86. The molecule has 1 N–H and O–H groups in total. The Morgan fingerprint density at radius 2 is 2.33 bits per heavy atom. The molecule has 0 aliphatic carbocycles. The number of hydrogen-bond acceptors (Lipinski definition) is 3. The first-order valence-electron chi connectivity index (χ1n) is 6.16. The summed E-state index contributed by atoms with van der Waals surface area (Å²) in [6, 6.07) is 4.99. The first-order valence-corrected chi connectivity index (χ1v) is 6.16. The van der Waals surface area contributed by atoms with E-state index in [4.69, 9.17) is 9.47 Å². The van der Waals surface area contributed by atoms with Crippen LogP contribution in [-0.4, -0.2) is 31.0 Å². The van der Waals surface area contributed by atoms with E-state index in [0.29, 0.717) is 18.8 Å². The van der Waals surface area contributed by atoms with Crippen LogP contribution in [0.15, 0.2) is 18.2 Å². The van der Waals surface area contributed by atoms with E-state index in [1.54, 1.807) is 25.1 Å². The number of methoxy groups -OCH3 is 1. The quantitative estimate of drug-likeness (QED) is 0.895. The molecule has 2 unspecified atom stereocenters. The van der Waals surface area contributed by atoms with Gasteiger partial charge in [-0.15, -0.1) is 0 Å². The molecule has 3 nitrogen and oxygen atoms in total. The Morgan fingerprint density at radius 1 is 1.56 bits per heavy atom. The van der Waals surface area contributed by atoms with Crippen molar-refractivity contribution in [2.45, 2.75) is 25.4 Å². The highest BCUT2D eigenvalue weighted by atomic mass is 19.1. The third kappa shape index (κ3) is 2.65. The smallest absolute Gasteiger partial charge is 0.168 e. The largest absolute Gasteiger partial charge is 0.494 e. The molecule has 1 aromatic rings. The number of hydrogen-bond donors (Lipinski definition) is 1. The molecule has 0 saturated carbocycles. The lowest BCUT2D eigenvalue weighted by Crippen LogP contribution is -2.37. The van der Waals surface area contributed by atoms with Crippen molar-refractivity contribution in [3.63, 3.8) is 0 Å². The van der Waals surface area contributed by atoms with Gasteiger partial charge >= 0.3 is 0 Å². The van der Waals surface area contributed by atoms with E-state index in [0.717, 1.165) is 6.42 Å². The van der Waals surface area contributed by atoms with Crippen molar-refractivity contribution in [1.29, 1.82) is 0 Å². The molecule has 1 heterocycles. The predicted octanol–water partition coefficient (Wildman–Crippen LogP) is 2.16. The zero-order valence-electron chi connectivity index (χ0n) is 10.8. The van der Waals surface area contributed by atoms with Crippen LogP contribution >= 0.6 is 0 Å². The second kappa shape index (κ2) is 5.24.